The van der Waals surface area contributed by atoms with Gasteiger partial charge < -0.3 is 9.47 Å². The van der Waals surface area contributed by atoms with Crippen molar-refractivity contribution in [3.63, 3.8) is 0 Å². The van der Waals surface area contributed by atoms with Gasteiger partial charge in [-0.3, -0.25) is 14.4 Å². The number of aryl methyl sites for hydroxylation is 2. The van der Waals surface area contributed by atoms with Gasteiger partial charge in [0.15, 0.2) is 0 Å². The zero-order valence-corrected chi connectivity index (χ0v) is 13.8. The van der Waals surface area contributed by atoms with Crippen LogP contribution in [0.2, 0.25) is 0 Å². The van der Waals surface area contributed by atoms with Crippen molar-refractivity contribution < 1.29 is 14.3 Å². The van der Waals surface area contributed by atoms with Crippen molar-refractivity contribution in [1.29, 1.82) is 0 Å². The predicted octanol–water partition coefficient (Wildman–Crippen LogP) is 1.48. The second-order valence-electron chi connectivity index (χ2n) is 6.36. The molecule has 1 atom stereocenters. The Labute approximate surface area is 132 Å². The van der Waals surface area contributed by atoms with E-state index in [1.54, 1.807) is 10.9 Å². The Kier molecular flexibility index (Phi) is 6.39. The molecule has 6 heteroatoms. The fraction of sp³-hybridized carbons (Fsp3) is 0.750. The fourth-order valence-corrected chi connectivity index (χ4v) is 2.62. The summed E-state index contributed by atoms with van der Waals surface area (Å²) >= 11 is 0. The lowest BCUT2D eigenvalue weighted by Crippen LogP contribution is -2.45. The second kappa shape index (κ2) is 8.29. The third-order valence-corrected chi connectivity index (χ3v) is 3.58. The van der Waals surface area contributed by atoms with E-state index < -0.39 is 0 Å². The van der Waals surface area contributed by atoms with Crippen LogP contribution in [0.25, 0.3) is 0 Å². The molecule has 1 fully saturated rings. The first-order chi connectivity index (χ1) is 10.5. The molecule has 1 unspecified atom stereocenters. The SMILES string of the molecule is Cc1cnn(CCC(=O)OCC2CN(CC(C)C)CCO2)c1. The molecule has 0 bridgehead atoms. The molecule has 22 heavy (non-hydrogen) atoms. The first-order valence-corrected chi connectivity index (χ1v) is 8.01. The molecule has 124 valence electrons. The maximum Gasteiger partial charge on any atom is 0.307 e. The first kappa shape index (κ1) is 17.0. The van der Waals surface area contributed by atoms with Crippen molar-refractivity contribution in [2.75, 3.05) is 32.8 Å². The normalized spacial score (nSPS) is 19.5. The van der Waals surface area contributed by atoms with E-state index in [1.807, 2.05) is 13.1 Å². The summed E-state index contributed by atoms with van der Waals surface area (Å²) in [5, 5.41) is 4.15. The molecule has 1 aromatic heterocycles. The van der Waals surface area contributed by atoms with Crippen LogP contribution < -0.4 is 0 Å². The topological polar surface area (TPSA) is 56.6 Å². The fourth-order valence-electron chi connectivity index (χ4n) is 2.62. The van der Waals surface area contributed by atoms with Crippen molar-refractivity contribution in [3.8, 4) is 0 Å². The molecule has 0 aliphatic carbocycles. The van der Waals surface area contributed by atoms with Crippen molar-refractivity contribution in [2.45, 2.75) is 39.8 Å². The third-order valence-electron chi connectivity index (χ3n) is 3.58. The summed E-state index contributed by atoms with van der Waals surface area (Å²) < 4.78 is 12.8. The molecule has 1 aliphatic heterocycles. The van der Waals surface area contributed by atoms with E-state index in [1.165, 1.54) is 0 Å². The van der Waals surface area contributed by atoms with Gasteiger partial charge in [0.25, 0.3) is 0 Å². The van der Waals surface area contributed by atoms with Crippen LogP contribution in [0.5, 0.6) is 0 Å². The highest BCUT2D eigenvalue weighted by Gasteiger charge is 2.22. The number of hydrogen-bond acceptors (Lipinski definition) is 5. The lowest BCUT2D eigenvalue weighted by atomic mass is 10.2. The van der Waals surface area contributed by atoms with Gasteiger partial charge in [-0.25, -0.2) is 0 Å². The summed E-state index contributed by atoms with van der Waals surface area (Å²) in [6.45, 7) is 10.9. The summed E-state index contributed by atoms with van der Waals surface area (Å²) in [4.78, 5) is 14.2. The number of aromatic nitrogens is 2. The van der Waals surface area contributed by atoms with E-state index in [-0.39, 0.29) is 12.1 Å². The minimum Gasteiger partial charge on any atom is -0.463 e. The summed E-state index contributed by atoms with van der Waals surface area (Å²) in [5.41, 5.74) is 1.09. The second-order valence-corrected chi connectivity index (χ2v) is 6.36. The Morgan fingerprint density at radius 2 is 2.36 bits per heavy atom. The number of ether oxygens (including phenoxy) is 2. The molecule has 0 N–H and O–H groups in total. The van der Waals surface area contributed by atoms with E-state index in [4.69, 9.17) is 9.47 Å². The van der Waals surface area contributed by atoms with Crippen LogP contribution in [-0.2, 0) is 20.8 Å². The van der Waals surface area contributed by atoms with Crippen molar-refractivity contribution in [3.05, 3.63) is 18.0 Å². The monoisotopic (exact) mass is 309 g/mol. The van der Waals surface area contributed by atoms with Gasteiger partial charge in [0.1, 0.15) is 12.7 Å². The van der Waals surface area contributed by atoms with Crippen LogP contribution in [0.3, 0.4) is 0 Å². The molecule has 0 radical (unpaired) electrons. The lowest BCUT2D eigenvalue weighted by Gasteiger charge is -2.33. The van der Waals surface area contributed by atoms with Crippen LogP contribution in [0.1, 0.15) is 25.8 Å². The molecule has 0 saturated carbocycles. The minimum atomic E-state index is -0.197. The molecular weight excluding hydrogens is 282 g/mol. The van der Waals surface area contributed by atoms with Gasteiger partial charge >= 0.3 is 5.97 Å². The third kappa shape index (κ3) is 5.77. The summed E-state index contributed by atoms with van der Waals surface area (Å²) in [6.07, 6.45) is 4.03. The number of carbonyl (C=O) groups is 1. The van der Waals surface area contributed by atoms with Gasteiger partial charge in [-0.05, 0) is 18.4 Å². The molecule has 2 heterocycles. The molecule has 1 saturated heterocycles. The predicted molar refractivity (Wildman–Crippen MR) is 83.6 cm³/mol. The van der Waals surface area contributed by atoms with Crippen molar-refractivity contribution in [2.24, 2.45) is 5.92 Å². The maximum absolute atomic E-state index is 11.8. The molecule has 1 aliphatic rings. The Balaban J connectivity index is 1.65. The highest BCUT2D eigenvalue weighted by atomic mass is 16.6. The number of esters is 1. The van der Waals surface area contributed by atoms with Crippen LogP contribution in [0.4, 0.5) is 0 Å². The highest BCUT2D eigenvalue weighted by molar-refractivity contribution is 5.69. The number of rotatable bonds is 7. The first-order valence-electron chi connectivity index (χ1n) is 8.01. The lowest BCUT2D eigenvalue weighted by molar-refractivity contribution is -0.151. The quantitative estimate of drug-likeness (QED) is 0.714. The average molecular weight is 309 g/mol. The van der Waals surface area contributed by atoms with E-state index in [9.17, 15) is 4.79 Å². The van der Waals surface area contributed by atoms with E-state index in [0.717, 1.165) is 25.2 Å². The van der Waals surface area contributed by atoms with Gasteiger partial charge in [-0.1, -0.05) is 13.8 Å². The zero-order chi connectivity index (χ0) is 15.9. The van der Waals surface area contributed by atoms with Gasteiger partial charge in [0, 0.05) is 25.8 Å². The molecule has 2 rings (SSSR count). The molecule has 6 nitrogen and oxygen atoms in total. The smallest absolute Gasteiger partial charge is 0.307 e. The zero-order valence-electron chi connectivity index (χ0n) is 13.8. The Morgan fingerprint density at radius 3 is 3.05 bits per heavy atom. The minimum absolute atomic E-state index is 0.0107. The largest absolute Gasteiger partial charge is 0.463 e. The van der Waals surface area contributed by atoms with Crippen LogP contribution in [0.15, 0.2) is 12.4 Å². The van der Waals surface area contributed by atoms with Crippen molar-refractivity contribution >= 4 is 5.97 Å². The number of hydrogen-bond donors (Lipinski definition) is 0. The summed E-state index contributed by atoms with van der Waals surface area (Å²) in [6, 6.07) is 0. The van der Waals surface area contributed by atoms with Gasteiger partial charge in [0.05, 0.1) is 25.8 Å². The molecular formula is C16H27N3O3. The molecule has 0 spiro atoms. The van der Waals surface area contributed by atoms with Crippen LogP contribution in [0, 0.1) is 12.8 Å². The van der Waals surface area contributed by atoms with Crippen LogP contribution in [-0.4, -0.2) is 59.6 Å². The van der Waals surface area contributed by atoms with E-state index in [0.29, 0.717) is 32.1 Å². The highest BCUT2D eigenvalue weighted by Crippen LogP contribution is 2.09. The molecule has 1 aromatic rings. The molecule has 0 amide bonds. The van der Waals surface area contributed by atoms with Crippen LogP contribution >= 0.6 is 0 Å². The van der Waals surface area contributed by atoms with Gasteiger partial charge in [-0.15, -0.1) is 0 Å². The number of morpholine rings is 1. The van der Waals surface area contributed by atoms with E-state index >= 15 is 0 Å². The number of nitrogens with zero attached hydrogens (tertiary/aromatic N) is 3. The average Bonchev–Trinajstić information content (AvgIpc) is 2.88. The Bertz CT molecular complexity index is 473. The standard InChI is InChI=1S/C16H27N3O3/c1-13(2)9-18-6-7-21-15(11-18)12-22-16(20)4-5-19-10-14(3)8-17-19/h8,10,13,15H,4-7,9,11-12H2,1-3H3. The Morgan fingerprint density at radius 1 is 1.55 bits per heavy atom. The van der Waals surface area contributed by atoms with Crippen molar-refractivity contribution in [1.82, 2.24) is 14.7 Å². The van der Waals surface area contributed by atoms with E-state index in [2.05, 4.69) is 23.8 Å². The summed E-state index contributed by atoms with van der Waals surface area (Å²) in [5.74, 6) is 0.441. The van der Waals surface area contributed by atoms with Gasteiger partial charge in [-0.2, -0.15) is 5.10 Å². The molecule has 0 aromatic carbocycles. The Hall–Kier alpha value is -1.40. The maximum atomic E-state index is 11.8. The van der Waals surface area contributed by atoms with Gasteiger partial charge in [0.2, 0.25) is 0 Å². The number of carbonyl (C=O) groups excluding carboxylic acids is 1. The summed E-state index contributed by atoms with van der Waals surface area (Å²) in [7, 11) is 0.